The van der Waals surface area contributed by atoms with E-state index in [4.69, 9.17) is 0 Å². The maximum absolute atomic E-state index is 11.7. The maximum atomic E-state index is 11.7. The van der Waals surface area contributed by atoms with E-state index in [9.17, 15) is 14.1 Å². The number of nitrogens with zero attached hydrogens (tertiary/aromatic N) is 1. The molecule has 1 amide bonds. The topological polar surface area (TPSA) is 57.6 Å². The fourth-order valence-electron chi connectivity index (χ4n) is 1.43. The highest BCUT2D eigenvalue weighted by molar-refractivity contribution is 7.85. The van der Waals surface area contributed by atoms with E-state index in [1.807, 2.05) is 0 Å². The van der Waals surface area contributed by atoms with Crippen LogP contribution in [0.1, 0.15) is 20.3 Å². The number of carbonyl (C=O) groups is 1. The SMILES string of the molecule is CC(C)(O)C(=O)N1CCCS(=O)CC1. The van der Waals surface area contributed by atoms with E-state index in [1.54, 1.807) is 4.90 Å². The second-order valence-corrected chi connectivity index (χ2v) is 5.75. The molecular formula is C9H17NO3S. The molecule has 1 atom stereocenters. The Morgan fingerprint density at radius 3 is 2.57 bits per heavy atom. The van der Waals surface area contributed by atoms with E-state index < -0.39 is 16.4 Å². The highest BCUT2D eigenvalue weighted by atomic mass is 32.2. The molecule has 82 valence electrons. The van der Waals surface area contributed by atoms with E-state index in [2.05, 4.69) is 0 Å². The van der Waals surface area contributed by atoms with Gasteiger partial charge >= 0.3 is 0 Å². The van der Waals surface area contributed by atoms with Crippen molar-refractivity contribution in [3.63, 3.8) is 0 Å². The summed E-state index contributed by atoms with van der Waals surface area (Å²) in [6.07, 6.45) is 0.758. The van der Waals surface area contributed by atoms with Crippen LogP contribution in [0.25, 0.3) is 0 Å². The van der Waals surface area contributed by atoms with Crippen LogP contribution in [0.2, 0.25) is 0 Å². The third kappa shape index (κ3) is 3.06. The lowest BCUT2D eigenvalue weighted by Crippen LogP contribution is -2.46. The summed E-state index contributed by atoms with van der Waals surface area (Å²) in [7, 11) is -0.797. The fourth-order valence-corrected chi connectivity index (χ4v) is 2.51. The van der Waals surface area contributed by atoms with E-state index >= 15 is 0 Å². The summed E-state index contributed by atoms with van der Waals surface area (Å²) in [4.78, 5) is 13.3. The average molecular weight is 219 g/mol. The van der Waals surface area contributed by atoms with Crippen LogP contribution >= 0.6 is 0 Å². The fraction of sp³-hybridized carbons (Fsp3) is 0.889. The molecule has 1 rings (SSSR count). The summed E-state index contributed by atoms with van der Waals surface area (Å²) >= 11 is 0. The molecule has 0 radical (unpaired) electrons. The van der Waals surface area contributed by atoms with Crippen molar-refractivity contribution >= 4 is 16.7 Å². The largest absolute Gasteiger partial charge is 0.381 e. The minimum absolute atomic E-state index is 0.267. The Morgan fingerprint density at radius 2 is 2.00 bits per heavy atom. The van der Waals surface area contributed by atoms with E-state index in [-0.39, 0.29) is 5.91 Å². The highest BCUT2D eigenvalue weighted by Gasteiger charge is 2.30. The minimum atomic E-state index is -1.31. The number of amides is 1. The lowest BCUT2D eigenvalue weighted by atomic mass is 10.1. The van der Waals surface area contributed by atoms with Crippen molar-refractivity contribution in [2.24, 2.45) is 0 Å². The van der Waals surface area contributed by atoms with Crippen LogP contribution in [0.4, 0.5) is 0 Å². The van der Waals surface area contributed by atoms with Crippen LogP contribution in [-0.2, 0) is 15.6 Å². The van der Waals surface area contributed by atoms with Crippen LogP contribution in [0.15, 0.2) is 0 Å². The van der Waals surface area contributed by atoms with Crippen LogP contribution in [-0.4, -0.2) is 50.3 Å². The van der Waals surface area contributed by atoms with Crippen molar-refractivity contribution in [3.8, 4) is 0 Å². The third-order valence-electron chi connectivity index (χ3n) is 2.20. The summed E-state index contributed by atoms with van der Waals surface area (Å²) in [5, 5.41) is 9.53. The number of hydrogen-bond acceptors (Lipinski definition) is 3. The van der Waals surface area contributed by atoms with Crippen LogP contribution in [0.3, 0.4) is 0 Å². The van der Waals surface area contributed by atoms with Gasteiger partial charge in [0.05, 0.1) is 0 Å². The van der Waals surface area contributed by atoms with Gasteiger partial charge in [0.1, 0.15) is 5.60 Å². The molecule has 0 aromatic carbocycles. The Bertz CT molecular complexity index is 247. The standard InChI is InChI=1S/C9H17NO3S/c1-9(2,12)8(11)10-4-3-6-14(13)7-5-10/h12H,3-7H2,1-2H3. The number of aliphatic hydroxyl groups is 1. The summed E-state index contributed by atoms with van der Waals surface area (Å²) in [5.41, 5.74) is -1.31. The van der Waals surface area contributed by atoms with Gasteiger partial charge in [0, 0.05) is 35.4 Å². The highest BCUT2D eigenvalue weighted by Crippen LogP contribution is 2.10. The number of hydrogen-bond donors (Lipinski definition) is 1. The normalized spacial score (nSPS) is 24.5. The molecule has 1 saturated heterocycles. The van der Waals surface area contributed by atoms with Gasteiger partial charge < -0.3 is 10.0 Å². The monoisotopic (exact) mass is 219 g/mol. The van der Waals surface area contributed by atoms with Crippen molar-refractivity contribution in [2.75, 3.05) is 24.6 Å². The Hall–Kier alpha value is -0.420. The van der Waals surface area contributed by atoms with E-state index in [0.717, 1.165) is 6.42 Å². The van der Waals surface area contributed by atoms with Crippen molar-refractivity contribution in [1.29, 1.82) is 0 Å². The minimum Gasteiger partial charge on any atom is -0.381 e. The first-order valence-electron chi connectivity index (χ1n) is 4.78. The summed E-state index contributed by atoms with van der Waals surface area (Å²) in [6.45, 7) is 4.07. The van der Waals surface area contributed by atoms with Gasteiger partial charge in [0.15, 0.2) is 0 Å². The maximum Gasteiger partial charge on any atom is 0.253 e. The zero-order chi connectivity index (χ0) is 10.8. The van der Waals surface area contributed by atoms with Gasteiger partial charge in [-0.1, -0.05) is 0 Å². The van der Waals surface area contributed by atoms with Gasteiger partial charge in [-0.15, -0.1) is 0 Å². The quantitative estimate of drug-likeness (QED) is 0.661. The molecule has 1 N–H and O–H groups in total. The Morgan fingerprint density at radius 1 is 1.36 bits per heavy atom. The van der Waals surface area contributed by atoms with Gasteiger partial charge in [-0.05, 0) is 20.3 Å². The van der Waals surface area contributed by atoms with Crippen molar-refractivity contribution < 1.29 is 14.1 Å². The molecule has 14 heavy (non-hydrogen) atoms. The number of carbonyl (C=O) groups excluding carboxylic acids is 1. The predicted molar refractivity (Wildman–Crippen MR) is 55.4 cm³/mol. The molecule has 1 aliphatic heterocycles. The molecule has 5 heteroatoms. The third-order valence-corrected chi connectivity index (χ3v) is 3.58. The molecule has 4 nitrogen and oxygen atoms in total. The second kappa shape index (κ2) is 4.40. The molecule has 0 aromatic heterocycles. The zero-order valence-electron chi connectivity index (χ0n) is 8.65. The molecule has 1 unspecified atom stereocenters. The molecular weight excluding hydrogens is 202 g/mol. The van der Waals surface area contributed by atoms with Crippen LogP contribution in [0, 0.1) is 0 Å². The summed E-state index contributed by atoms with van der Waals surface area (Å²) in [6, 6.07) is 0. The molecule has 1 fully saturated rings. The van der Waals surface area contributed by atoms with Crippen molar-refractivity contribution in [3.05, 3.63) is 0 Å². The lowest BCUT2D eigenvalue weighted by molar-refractivity contribution is -0.147. The molecule has 0 aromatic rings. The van der Waals surface area contributed by atoms with E-state index in [0.29, 0.717) is 24.6 Å². The second-order valence-electron chi connectivity index (χ2n) is 4.05. The molecule has 0 saturated carbocycles. The van der Waals surface area contributed by atoms with Gasteiger partial charge in [-0.3, -0.25) is 9.00 Å². The average Bonchev–Trinajstić information content (AvgIpc) is 2.27. The molecule has 1 aliphatic rings. The van der Waals surface area contributed by atoms with Crippen molar-refractivity contribution in [1.82, 2.24) is 4.90 Å². The smallest absolute Gasteiger partial charge is 0.253 e. The first kappa shape index (κ1) is 11.7. The van der Waals surface area contributed by atoms with Crippen molar-refractivity contribution in [2.45, 2.75) is 25.9 Å². The van der Waals surface area contributed by atoms with Gasteiger partial charge in [-0.2, -0.15) is 0 Å². The zero-order valence-corrected chi connectivity index (χ0v) is 9.47. The first-order valence-corrected chi connectivity index (χ1v) is 6.27. The molecule has 0 aliphatic carbocycles. The van der Waals surface area contributed by atoms with Gasteiger partial charge in [-0.25, -0.2) is 0 Å². The summed E-state index contributed by atoms with van der Waals surface area (Å²) in [5.74, 6) is 0.925. The Kier molecular flexibility index (Phi) is 3.66. The molecule has 0 spiro atoms. The predicted octanol–water partition coefficient (Wildman–Crippen LogP) is -0.262. The van der Waals surface area contributed by atoms with Crippen LogP contribution < -0.4 is 0 Å². The first-order chi connectivity index (χ1) is 6.41. The molecule has 0 bridgehead atoms. The van der Waals surface area contributed by atoms with Gasteiger partial charge in [0.2, 0.25) is 0 Å². The number of rotatable bonds is 1. The lowest BCUT2D eigenvalue weighted by Gasteiger charge is -2.26. The van der Waals surface area contributed by atoms with Crippen LogP contribution in [0.5, 0.6) is 0 Å². The molecule has 1 heterocycles. The van der Waals surface area contributed by atoms with E-state index in [1.165, 1.54) is 13.8 Å². The van der Waals surface area contributed by atoms with Gasteiger partial charge in [0.25, 0.3) is 5.91 Å². The Labute approximate surface area is 86.7 Å². The Balaban J connectivity index is 2.60. The summed E-state index contributed by atoms with van der Waals surface area (Å²) < 4.78 is 11.2.